The zero-order valence-corrected chi connectivity index (χ0v) is 10.6. The maximum absolute atomic E-state index is 5.92. The van der Waals surface area contributed by atoms with E-state index in [1.807, 2.05) is 28.5 Å². The molecule has 2 N–H and O–H groups in total. The zero-order valence-electron chi connectivity index (χ0n) is 9.77. The highest BCUT2D eigenvalue weighted by molar-refractivity contribution is 7.99. The predicted octanol–water partition coefficient (Wildman–Crippen LogP) is 2.16. The molecule has 0 aliphatic carbocycles. The maximum Gasteiger partial charge on any atom is 0.202 e. The van der Waals surface area contributed by atoms with Gasteiger partial charge in [0.05, 0.1) is 0 Å². The number of nitrogens with two attached hydrogens (primary N) is 1. The van der Waals surface area contributed by atoms with Crippen molar-refractivity contribution >= 4 is 28.9 Å². The van der Waals surface area contributed by atoms with Gasteiger partial charge >= 0.3 is 0 Å². The quantitative estimate of drug-likeness (QED) is 0.887. The van der Waals surface area contributed by atoms with E-state index < -0.39 is 0 Å². The molecule has 0 spiro atoms. The average molecular weight is 236 g/mol. The summed E-state index contributed by atoms with van der Waals surface area (Å²) in [7, 11) is 0. The van der Waals surface area contributed by atoms with Crippen molar-refractivity contribution in [3.8, 4) is 0 Å². The number of fused-ring (bicyclic) bond motifs is 1. The Hall–Kier alpha value is -1.23. The lowest BCUT2D eigenvalue weighted by molar-refractivity contribution is 0.582. The number of anilines is 1. The summed E-state index contributed by atoms with van der Waals surface area (Å²) in [5, 5.41) is 0. The Morgan fingerprint density at radius 1 is 1.50 bits per heavy atom. The van der Waals surface area contributed by atoms with Crippen LogP contribution in [0.1, 0.15) is 13.8 Å². The summed E-state index contributed by atoms with van der Waals surface area (Å²) in [5.41, 5.74) is 7.64. The molecule has 0 saturated heterocycles. The molecule has 2 rings (SSSR count). The summed E-state index contributed by atoms with van der Waals surface area (Å²) in [4.78, 5) is 8.63. The van der Waals surface area contributed by atoms with E-state index in [2.05, 4.69) is 30.1 Å². The van der Waals surface area contributed by atoms with Crippen LogP contribution in [0.5, 0.6) is 0 Å². The fraction of sp³-hybridized carbons (Fsp3) is 0.455. The Morgan fingerprint density at radius 2 is 2.25 bits per heavy atom. The van der Waals surface area contributed by atoms with Gasteiger partial charge in [-0.05, 0) is 32.2 Å². The average Bonchev–Trinajstić information content (AvgIpc) is 2.56. The molecule has 5 heteroatoms. The van der Waals surface area contributed by atoms with Crippen LogP contribution in [0.25, 0.3) is 11.2 Å². The van der Waals surface area contributed by atoms with E-state index in [9.17, 15) is 0 Å². The van der Waals surface area contributed by atoms with Gasteiger partial charge in [-0.25, -0.2) is 9.97 Å². The molecule has 0 aliphatic rings. The summed E-state index contributed by atoms with van der Waals surface area (Å²) in [6, 6.07) is 3.81. The van der Waals surface area contributed by atoms with Crippen molar-refractivity contribution in [2.24, 2.45) is 0 Å². The third kappa shape index (κ3) is 2.00. The summed E-state index contributed by atoms with van der Waals surface area (Å²) < 4.78 is 2.10. The van der Waals surface area contributed by atoms with Gasteiger partial charge in [0.1, 0.15) is 5.52 Å². The lowest BCUT2D eigenvalue weighted by Gasteiger charge is -2.23. The van der Waals surface area contributed by atoms with Crippen LogP contribution in [0.2, 0.25) is 0 Å². The van der Waals surface area contributed by atoms with Crippen LogP contribution in [0.15, 0.2) is 18.3 Å². The molecule has 2 heterocycles. The molecule has 0 aromatic carbocycles. The molecule has 16 heavy (non-hydrogen) atoms. The van der Waals surface area contributed by atoms with E-state index in [0.29, 0.717) is 5.95 Å². The Balaban J connectivity index is 2.47. The topological polar surface area (TPSA) is 56.7 Å². The second-order valence-corrected chi connectivity index (χ2v) is 5.88. The monoisotopic (exact) mass is 236 g/mol. The van der Waals surface area contributed by atoms with Gasteiger partial charge in [-0.3, -0.25) is 4.57 Å². The number of nitrogens with zero attached hydrogens (tertiary/aromatic N) is 3. The highest BCUT2D eigenvalue weighted by Gasteiger charge is 2.20. The largest absolute Gasteiger partial charge is 0.369 e. The van der Waals surface area contributed by atoms with Gasteiger partial charge in [-0.2, -0.15) is 11.8 Å². The van der Waals surface area contributed by atoms with Crippen molar-refractivity contribution in [3.63, 3.8) is 0 Å². The molecule has 4 nitrogen and oxygen atoms in total. The molecule has 86 valence electrons. The second kappa shape index (κ2) is 3.97. The number of aromatic nitrogens is 3. The molecule has 0 radical (unpaired) electrons. The van der Waals surface area contributed by atoms with E-state index in [1.165, 1.54) is 0 Å². The van der Waals surface area contributed by atoms with Crippen LogP contribution in [0, 0.1) is 0 Å². The molecule has 2 aromatic rings. The molecule has 0 fully saturated rings. The van der Waals surface area contributed by atoms with Crippen LogP contribution in [0.4, 0.5) is 5.95 Å². The fourth-order valence-corrected chi connectivity index (χ4v) is 1.84. The number of thioether (sulfide) groups is 1. The van der Waals surface area contributed by atoms with Gasteiger partial charge in [-0.15, -0.1) is 0 Å². The van der Waals surface area contributed by atoms with E-state index >= 15 is 0 Å². The van der Waals surface area contributed by atoms with Crippen LogP contribution >= 0.6 is 11.8 Å². The van der Waals surface area contributed by atoms with Gasteiger partial charge in [0, 0.05) is 17.5 Å². The Bertz CT molecular complexity index is 504. The van der Waals surface area contributed by atoms with E-state index in [1.54, 1.807) is 6.20 Å². The van der Waals surface area contributed by atoms with E-state index in [0.717, 1.165) is 17.7 Å². The molecular weight excluding hydrogens is 220 g/mol. The van der Waals surface area contributed by atoms with Crippen molar-refractivity contribution in [2.45, 2.75) is 25.1 Å². The first-order chi connectivity index (χ1) is 7.53. The van der Waals surface area contributed by atoms with Gasteiger partial charge in [-0.1, -0.05) is 0 Å². The maximum atomic E-state index is 5.92. The summed E-state index contributed by atoms with van der Waals surface area (Å²) in [6.07, 6.45) is 3.87. The van der Waals surface area contributed by atoms with Crippen LogP contribution in [0.3, 0.4) is 0 Å². The lowest BCUT2D eigenvalue weighted by Crippen LogP contribution is -2.23. The zero-order chi connectivity index (χ0) is 11.8. The summed E-state index contributed by atoms with van der Waals surface area (Å²) >= 11 is 1.81. The molecular formula is C11H16N4S. The molecule has 0 aliphatic heterocycles. The van der Waals surface area contributed by atoms with Crippen molar-refractivity contribution in [1.29, 1.82) is 0 Å². The molecule has 0 unspecified atom stereocenters. The molecule has 0 bridgehead atoms. The van der Waals surface area contributed by atoms with Crippen LogP contribution in [-0.4, -0.2) is 25.5 Å². The first kappa shape index (κ1) is 11.3. The smallest absolute Gasteiger partial charge is 0.202 e. The number of rotatable bonds is 3. The van der Waals surface area contributed by atoms with E-state index in [4.69, 9.17) is 5.73 Å². The number of pyridine rings is 1. The Kier molecular flexibility index (Phi) is 2.80. The minimum Gasteiger partial charge on any atom is -0.369 e. The van der Waals surface area contributed by atoms with Crippen LogP contribution < -0.4 is 5.73 Å². The summed E-state index contributed by atoms with van der Waals surface area (Å²) in [5.74, 6) is 0.538. The normalized spacial score (nSPS) is 12.2. The molecule has 0 amide bonds. The van der Waals surface area contributed by atoms with Crippen molar-refractivity contribution in [2.75, 3.05) is 12.0 Å². The third-order valence-corrected chi connectivity index (χ3v) is 3.86. The third-order valence-electron chi connectivity index (χ3n) is 2.62. The first-order valence-corrected chi connectivity index (χ1v) is 6.38. The summed E-state index contributed by atoms with van der Waals surface area (Å²) in [6.45, 7) is 5.19. The van der Waals surface area contributed by atoms with Gasteiger partial charge in [0.2, 0.25) is 5.95 Å². The highest BCUT2D eigenvalue weighted by atomic mass is 32.2. The molecule has 2 aromatic heterocycles. The first-order valence-electron chi connectivity index (χ1n) is 5.15. The van der Waals surface area contributed by atoms with Gasteiger partial charge in [0.25, 0.3) is 0 Å². The standard InChI is InChI=1S/C11H16N4S/c1-11(2,16-3)7-15-9-8(14-10(15)12)5-4-6-13-9/h4-6H,7H2,1-3H3,(H2,12,14). The van der Waals surface area contributed by atoms with Gasteiger partial charge < -0.3 is 5.73 Å². The van der Waals surface area contributed by atoms with E-state index in [-0.39, 0.29) is 4.75 Å². The molecule has 0 atom stereocenters. The van der Waals surface area contributed by atoms with Gasteiger partial charge in [0.15, 0.2) is 5.65 Å². The number of hydrogen-bond donors (Lipinski definition) is 1. The van der Waals surface area contributed by atoms with Crippen molar-refractivity contribution in [1.82, 2.24) is 14.5 Å². The number of nitrogen functional groups attached to an aromatic ring is 1. The minimum atomic E-state index is 0.124. The predicted molar refractivity (Wildman–Crippen MR) is 69.5 cm³/mol. The second-order valence-electron chi connectivity index (χ2n) is 4.37. The van der Waals surface area contributed by atoms with Crippen molar-refractivity contribution < 1.29 is 0 Å². The molecule has 0 saturated carbocycles. The number of hydrogen-bond acceptors (Lipinski definition) is 4. The highest BCUT2D eigenvalue weighted by Crippen LogP contribution is 2.26. The number of imidazole rings is 1. The van der Waals surface area contributed by atoms with Crippen LogP contribution in [-0.2, 0) is 6.54 Å². The minimum absolute atomic E-state index is 0.124. The SMILES string of the molecule is CSC(C)(C)Cn1c(N)nc2cccnc21. The lowest BCUT2D eigenvalue weighted by atomic mass is 10.2. The Labute approximate surface area is 99.3 Å². The fourth-order valence-electron chi connectivity index (χ4n) is 1.58. The van der Waals surface area contributed by atoms with Crippen molar-refractivity contribution in [3.05, 3.63) is 18.3 Å². The Morgan fingerprint density at radius 3 is 2.94 bits per heavy atom.